The Balaban J connectivity index is 0.000000548. The van der Waals surface area contributed by atoms with Gasteiger partial charge in [-0.3, -0.25) is 30.0 Å². The molecule has 2 saturated heterocycles. The van der Waals surface area contributed by atoms with Gasteiger partial charge in [-0.05, 0) is 78.6 Å². The lowest BCUT2D eigenvalue weighted by Gasteiger charge is -2.34. The van der Waals surface area contributed by atoms with Gasteiger partial charge >= 0.3 is 36.1 Å². The first-order chi connectivity index (χ1) is 30.0. The van der Waals surface area contributed by atoms with E-state index in [-0.39, 0.29) is 49.4 Å². The number of non-ortho nitro benzene ring substituents is 2. The SMILES string of the molecule is C.C=CC[C@]1(C)C(OC(=O)c2ccc([N+](=O)[O-])cc2)CN(C(=O)OC(C)(C)C)[C@@H]1C(=O)OC.C=CC[C@]1(C)[C@H](O)CN(C(=O)OC(C)(C)C)[C@@H]1C(=O)OC.O=C(O)c1ccc([N+](=O)[O-])cc1. The highest BCUT2D eigenvalue weighted by atomic mass is 16.6. The van der Waals surface area contributed by atoms with Crippen molar-refractivity contribution in [3.8, 4) is 0 Å². The van der Waals surface area contributed by atoms with E-state index in [1.807, 2.05) is 0 Å². The molecular weight excluding hydrogens is 869 g/mol. The maximum Gasteiger partial charge on any atom is 0.411 e. The minimum atomic E-state index is -1.09. The number of aromatic carboxylic acids is 1. The fraction of sp³-hybridized carbons (Fsp3) is 0.511. The van der Waals surface area contributed by atoms with Crippen LogP contribution in [0.2, 0.25) is 0 Å². The standard InChI is InChI=1S/C22H28N2O8.C15H25NO5.C7H5NO4.CH4/c1-7-12-22(5)16(31-18(25)14-8-10-15(11-9-14)24(28)29)13-23(17(22)19(26)30-6)20(27)32-21(2,3)4;1-7-8-15(5)10(17)9-16(11(15)12(18)20-6)13(19)21-14(2,3)4;9-7(10)5-1-3-6(4-2-5)8(11)12;/h7-11,16-17H,1,12-13H2,2-6H3;7,10-11,17H,1,8-9H2,2-6H3;1-4H,(H,9,10);1H4/t16?,17-,22-;10-,11-,15-;;/m11../s1. The molecule has 0 aromatic heterocycles. The molecule has 66 heavy (non-hydrogen) atoms. The van der Waals surface area contributed by atoms with E-state index in [4.69, 9.17) is 28.8 Å². The zero-order valence-electron chi connectivity index (χ0n) is 38.1. The molecule has 2 aromatic carbocycles. The molecule has 2 N–H and O–H groups in total. The lowest BCUT2D eigenvalue weighted by atomic mass is 9.77. The second kappa shape index (κ2) is 23.3. The van der Waals surface area contributed by atoms with Crippen LogP contribution in [-0.4, -0.2) is 129 Å². The van der Waals surface area contributed by atoms with Gasteiger partial charge in [0, 0.05) is 35.1 Å². The Morgan fingerprint density at radius 2 is 1.08 bits per heavy atom. The Hall–Kier alpha value is -6.90. The quantitative estimate of drug-likeness (QED) is 0.0744. The molecule has 0 saturated carbocycles. The third-order valence-electron chi connectivity index (χ3n) is 10.3. The van der Waals surface area contributed by atoms with Gasteiger partial charge < -0.3 is 33.9 Å². The molecule has 2 aliphatic heterocycles. The predicted octanol–water partition coefficient (Wildman–Crippen LogP) is 7.15. The molecule has 0 aliphatic carbocycles. The highest BCUT2D eigenvalue weighted by molar-refractivity contribution is 5.90. The molecule has 2 aromatic rings. The number of aliphatic hydroxyl groups excluding tert-OH is 1. The number of hydrogen-bond donors (Lipinski definition) is 2. The number of carbonyl (C=O) groups excluding carboxylic acids is 5. The summed E-state index contributed by atoms with van der Waals surface area (Å²) in [7, 11) is 2.47. The van der Waals surface area contributed by atoms with Gasteiger partial charge in [-0.2, -0.15) is 0 Å². The molecule has 1 unspecified atom stereocenters. The Labute approximate surface area is 383 Å². The minimum Gasteiger partial charge on any atom is -0.478 e. The molecular formula is C45H62N4O17. The molecule has 2 amide bonds. The number of β-amino-alcohol motifs (C(OH)–C–C–N with tert-alkyl or cyclic N) is 1. The predicted molar refractivity (Wildman–Crippen MR) is 238 cm³/mol. The third kappa shape index (κ3) is 14.6. The molecule has 21 heteroatoms. The highest BCUT2D eigenvalue weighted by Crippen LogP contribution is 2.44. The van der Waals surface area contributed by atoms with Crippen LogP contribution >= 0.6 is 0 Å². The molecule has 2 aliphatic rings. The van der Waals surface area contributed by atoms with Gasteiger partial charge in [0.25, 0.3) is 11.4 Å². The van der Waals surface area contributed by atoms with Gasteiger partial charge in [0.2, 0.25) is 0 Å². The van der Waals surface area contributed by atoms with Crippen molar-refractivity contribution in [2.45, 2.75) is 111 Å². The number of hydrogen-bond acceptors (Lipinski definition) is 16. The van der Waals surface area contributed by atoms with E-state index in [1.165, 1.54) is 60.4 Å². The fourth-order valence-corrected chi connectivity index (χ4v) is 7.01. The van der Waals surface area contributed by atoms with Crippen molar-refractivity contribution in [3.05, 3.63) is 105 Å². The van der Waals surface area contributed by atoms with E-state index in [9.17, 15) is 54.1 Å². The average molecular weight is 931 g/mol. The van der Waals surface area contributed by atoms with Crippen molar-refractivity contribution in [3.63, 3.8) is 0 Å². The number of nitrogens with zero attached hydrogens (tertiary/aromatic N) is 4. The summed E-state index contributed by atoms with van der Waals surface area (Å²) in [6.07, 6.45) is 0.699. The maximum absolute atomic E-state index is 12.9. The number of methoxy groups -OCH3 is 2. The number of nitro groups is 2. The summed E-state index contributed by atoms with van der Waals surface area (Å²) in [6, 6.07) is 7.68. The summed E-state index contributed by atoms with van der Waals surface area (Å²) in [4.78, 5) is 95.3. The number of carbonyl (C=O) groups is 6. The highest BCUT2D eigenvalue weighted by Gasteiger charge is 2.59. The van der Waals surface area contributed by atoms with Gasteiger partial charge in [0.1, 0.15) is 29.4 Å². The van der Waals surface area contributed by atoms with E-state index in [0.29, 0.717) is 6.42 Å². The van der Waals surface area contributed by atoms with E-state index in [1.54, 1.807) is 67.5 Å². The zero-order chi connectivity index (χ0) is 49.8. The molecule has 0 spiro atoms. The number of carboxylic acid groups (broad SMARTS) is 1. The van der Waals surface area contributed by atoms with Crippen LogP contribution in [0.3, 0.4) is 0 Å². The summed E-state index contributed by atoms with van der Waals surface area (Å²) >= 11 is 0. The molecule has 2 heterocycles. The van der Waals surface area contributed by atoms with Gasteiger partial charge in [-0.25, -0.2) is 28.8 Å². The van der Waals surface area contributed by atoms with Crippen molar-refractivity contribution in [1.29, 1.82) is 0 Å². The smallest absolute Gasteiger partial charge is 0.411 e. The van der Waals surface area contributed by atoms with Crippen LogP contribution in [0.15, 0.2) is 73.8 Å². The number of allylic oxidation sites excluding steroid dienone is 2. The Morgan fingerprint density at radius 1 is 0.712 bits per heavy atom. The summed E-state index contributed by atoms with van der Waals surface area (Å²) in [6.45, 7) is 21.1. The number of ether oxygens (including phenoxy) is 5. The molecule has 2 fully saturated rings. The van der Waals surface area contributed by atoms with Crippen molar-refractivity contribution >= 4 is 47.4 Å². The van der Waals surface area contributed by atoms with E-state index in [0.717, 1.165) is 12.1 Å². The maximum atomic E-state index is 12.9. The largest absolute Gasteiger partial charge is 0.478 e. The molecule has 364 valence electrons. The van der Waals surface area contributed by atoms with Crippen LogP contribution in [0.5, 0.6) is 0 Å². The Bertz CT molecular complexity index is 2060. The van der Waals surface area contributed by atoms with Crippen molar-refractivity contribution in [2.24, 2.45) is 10.8 Å². The number of esters is 3. The van der Waals surface area contributed by atoms with Crippen LogP contribution in [0.25, 0.3) is 0 Å². The Kier molecular flexibility index (Phi) is 20.2. The second-order valence-electron chi connectivity index (χ2n) is 17.4. The van der Waals surface area contributed by atoms with E-state index >= 15 is 0 Å². The number of rotatable bonds is 11. The number of nitro benzene ring substituents is 2. The first kappa shape index (κ1) is 57.1. The number of benzene rings is 2. The summed E-state index contributed by atoms with van der Waals surface area (Å²) in [5.74, 6) is -3.07. The molecule has 0 radical (unpaired) electrons. The molecule has 21 nitrogen and oxygen atoms in total. The van der Waals surface area contributed by atoms with Crippen LogP contribution in [-0.2, 0) is 33.3 Å². The van der Waals surface area contributed by atoms with E-state index in [2.05, 4.69) is 13.2 Å². The Morgan fingerprint density at radius 3 is 1.42 bits per heavy atom. The molecule has 0 bridgehead atoms. The van der Waals surface area contributed by atoms with Gasteiger partial charge in [-0.15, -0.1) is 13.2 Å². The number of aliphatic hydroxyl groups is 1. The minimum absolute atomic E-state index is 0. The fourth-order valence-electron chi connectivity index (χ4n) is 7.01. The van der Waals surface area contributed by atoms with Gasteiger partial charge in [0.15, 0.2) is 0 Å². The van der Waals surface area contributed by atoms with Crippen molar-refractivity contribution in [1.82, 2.24) is 9.80 Å². The van der Waals surface area contributed by atoms with E-state index < -0.39 is 92.2 Å². The van der Waals surface area contributed by atoms with Gasteiger partial charge in [0.05, 0.1) is 54.4 Å². The van der Waals surface area contributed by atoms with Crippen molar-refractivity contribution in [2.75, 3.05) is 27.3 Å². The number of amides is 2. The number of likely N-dealkylation sites (tertiary alicyclic amines) is 2. The lowest BCUT2D eigenvalue weighted by Crippen LogP contribution is -2.50. The van der Waals surface area contributed by atoms with Gasteiger partial charge in [-0.1, -0.05) is 33.4 Å². The zero-order valence-corrected chi connectivity index (χ0v) is 38.1. The first-order valence-corrected chi connectivity index (χ1v) is 20.0. The molecule has 4 rings (SSSR count). The lowest BCUT2D eigenvalue weighted by molar-refractivity contribution is -0.385. The van der Waals surface area contributed by atoms with Crippen LogP contribution in [0.4, 0.5) is 21.0 Å². The first-order valence-electron chi connectivity index (χ1n) is 20.0. The van der Waals surface area contributed by atoms with Crippen LogP contribution < -0.4 is 0 Å². The normalized spacial score (nSPS) is 22.0. The van der Waals surface area contributed by atoms with Crippen LogP contribution in [0.1, 0.15) is 96.4 Å². The monoisotopic (exact) mass is 930 g/mol. The second-order valence-corrected chi connectivity index (χ2v) is 17.4. The summed E-state index contributed by atoms with van der Waals surface area (Å²) in [5, 5.41) is 39.7. The number of carboxylic acids is 1. The topological polar surface area (TPSA) is 282 Å². The molecule has 6 atom stereocenters. The summed E-state index contributed by atoms with van der Waals surface area (Å²) in [5.41, 5.74) is -3.50. The average Bonchev–Trinajstić information content (AvgIpc) is 3.65. The van der Waals surface area contributed by atoms with Crippen molar-refractivity contribution < 1.29 is 72.5 Å². The summed E-state index contributed by atoms with van der Waals surface area (Å²) < 4.78 is 26.2. The third-order valence-corrected chi connectivity index (χ3v) is 10.3. The van der Waals surface area contributed by atoms with Crippen LogP contribution in [0, 0.1) is 31.1 Å².